The largest absolute Gasteiger partial charge is 0.364 e. The molecule has 0 saturated carbocycles. The number of aromatic nitrogens is 1. The summed E-state index contributed by atoms with van der Waals surface area (Å²) in [6.45, 7) is 6.89. The van der Waals surface area contributed by atoms with Crippen molar-refractivity contribution in [2.45, 2.75) is 32.7 Å². The van der Waals surface area contributed by atoms with Gasteiger partial charge in [0.1, 0.15) is 5.82 Å². The fourth-order valence-corrected chi connectivity index (χ4v) is 1.20. The van der Waals surface area contributed by atoms with Crippen LogP contribution in [-0.2, 0) is 0 Å². The Morgan fingerprint density at radius 2 is 2.29 bits per heavy atom. The third-order valence-corrected chi connectivity index (χ3v) is 2.58. The van der Waals surface area contributed by atoms with Crippen molar-refractivity contribution in [2.24, 2.45) is 5.73 Å². The number of nitrogens with two attached hydrogens (primary N) is 1. The van der Waals surface area contributed by atoms with E-state index < -0.39 is 0 Å². The van der Waals surface area contributed by atoms with Gasteiger partial charge in [-0.25, -0.2) is 4.98 Å². The van der Waals surface area contributed by atoms with Crippen molar-refractivity contribution in [2.75, 3.05) is 11.9 Å². The van der Waals surface area contributed by atoms with E-state index in [1.807, 2.05) is 18.3 Å². The first-order chi connectivity index (χ1) is 6.59. The standard InChI is InChI=1S/C11H19N3/c1-4-11(3,8-12)14-10-7-9(2)5-6-13-10/h5-7H,4,8,12H2,1-3H3,(H,13,14). The van der Waals surface area contributed by atoms with Crippen LogP contribution in [0, 0.1) is 6.92 Å². The maximum Gasteiger partial charge on any atom is 0.126 e. The molecular formula is C11H19N3. The normalized spacial score (nSPS) is 14.9. The molecule has 14 heavy (non-hydrogen) atoms. The van der Waals surface area contributed by atoms with Crippen molar-refractivity contribution in [3.8, 4) is 0 Å². The second-order valence-corrected chi connectivity index (χ2v) is 3.96. The molecule has 3 N–H and O–H groups in total. The van der Waals surface area contributed by atoms with Crippen LogP contribution in [0.1, 0.15) is 25.8 Å². The average Bonchev–Trinajstić information content (AvgIpc) is 2.18. The van der Waals surface area contributed by atoms with Crippen LogP contribution < -0.4 is 11.1 Å². The number of aryl methyl sites for hydroxylation is 1. The first-order valence-corrected chi connectivity index (χ1v) is 5.00. The fraction of sp³-hybridized carbons (Fsp3) is 0.545. The second-order valence-electron chi connectivity index (χ2n) is 3.96. The molecule has 0 aromatic carbocycles. The van der Waals surface area contributed by atoms with Gasteiger partial charge in [0.05, 0.1) is 0 Å². The number of hydrogen-bond acceptors (Lipinski definition) is 3. The SMILES string of the molecule is CCC(C)(CN)Nc1cc(C)ccn1. The Bertz CT molecular complexity index is 292. The lowest BCUT2D eigenvalue weighted by molar-refractivity contribution is 0.504. The van der Waals surface area contributed by atoms with Gasteiger partial charge in [-0.2, -0.15) is 0 Å². The van der Waals surface area contributed by atoms with Crippen LogP contribution in [0.25, 0.3) is 0 Å². The summed E-state index contributed by atoms with van der Waals surface area (Å²) in [7, 11) is 0. The summed E-state index contributed by atoms with van der Waals surface area (Å²) in [5.41, 5.74) is 6.86. The molecule has 78 valence electrons. The Labute approximate surface area is 85.7 Å². The molecule has 3 heteroatoms. The zero-order valence-electron chi connectivity index (χ0n) is 9.17. The molecule has 1 aromatic heterocycles. The number of hydrogen-bond donors (Lipinski definition) is 2. The second kappa shape index (κ2) is 4.42. The Balaban J connectivity index is 2.77. The van der Waals surface area contributed by atoms with Crippen molar-refractivity contribution in [1.82, 2.24) is 4.98 Å². The fourth-order valence-electron chi connectivity index (χ4n) is 1.20. The molecular weight excluding hydrogens is 174 g/mol. The van der Waals surface area contributed by atoms with E-state index >= 15 is 0 Å². The first-order valence-electron chi connectivity index (χ1n) is 5.00. The minimum Gasteiger partial charge on any atom is -0.364 e. The van der Waals surface area contributed by atoms with E-state index in [9.17, 15) is 0 Å². The lowest BCUT2D eigenvalue weighted by atomic mass is 9.99. The molecule has 1 heterocycles. The molecule has 0 aliphatic rings. The highest BCUT2D eigenvalue weighted by Gasteiger charge is 2.19. The van der Waals surface area contributed by atoms with Crippen LogP contribution in [-0.4, -0.2) is 17.1 Å². The minimum atomic E-state index is -0.0548. The Morgan fingerprint density at radius 1 is 1.57 bits per heavy atom. The molecule has 0 amide bonds. The summed E-state index contributed by atoms with van der Waals surface area (Å²) in [6, 6.07) is 4.01. The molecule has 0 aliphatic heterocycles. The molecule has 1 aromatic rings. The monoisotopic (exact) mass is 193 g/mol. The molecule has 1 atom stereocenters. The van der Waals surface area contributed by atoms with Gasteiger partial charge in [0.25, 0.3) is 0 Å². The average molecular weight is 193 g/mol. The number of pyridine rings is 1. The molecule has 0 radical (unpaired) electrons. The van der Waals surface area contributed by atoms with Crippen molar-refractivity contribution in [3.63, 3.8) is 0 Å². The summed E-state index contributed by atoms with van der Waals surface area (Å²) in [6.07, 6.45) is 2.80. The van der Waals surface area contributed by atoms with E-state index in [1.165, 1.54) is 5.56 Å². The maximum atomic E-state index is 5.71. The Hall–Kier alpha value is -1.09. The number of anilines is 1. The van der Waals surface area contributed by atoms with E-state index in [1.54, 1.807) is 0 Å². The van der Waals surface area contributed by atoms with E-state index in [2.05, 4.69) is 31.1 Å². The number of rotatable bonds is 4. The molecule has 0 fully saturated rings. The first kappa shape index (κ1) is 11.0. The molecule has 0 bridgehead atoms. The van der Waals surface area contributed by atoms with Crippen molar-refractivity contribution >= 4 is 5.82 Å². The third-order valence-electron chi connectivity index (χ3n) is 2.58. The smallest absolute Gasteiger partial charge is 0.126 e. The van der Waals surface area contributed by atoms with Gasteiger partial charge in [0.15, 0.2) is 0 Å². The molecule has 1 rings (SSSR count). The molecule has 0 aliphatic carbocycles. The highest BCUT2D eigenvalue weighted by atomic mass is 15.1. The summed E-state index contributed by atoms with van der Waals surface area (Å²) in [5.74, 6) is 0.903. The van der Waals surface area contributed by atoms with E-state index in [0.29, 0.717) is 6.54 Å². The van der Waals surface area contributed by atoms with Gasteiger partial charge in [-0.15, -0.1) is 0 Å². The molecule has 3 nitrogen and oxygen atoms in total. The van der Waals surface area contributed by atoms with Gasteiger partial charge < -0.3 is 11.1 Å². The Morgan fingerprint density at radius 3 is 2.79 bits per heavy atom. The minimum absolute atomic E-state index is 0.0548. The van der Waals surface area contributed by atoms with Gasteiger partial charge in [-0.1, -0.05) is 6.92 Å². The zero-order chi connectivity index (χ0) is 10.6. The van der Waals surface area contributed by atoms with Crippen molar-refractivity contribution < 1.29 is 0 Å². The summed E-state index contributed by atoms with van der Waals surface area (Å²) in [5, 5.41) is 3.36. The lowest BCUT2D eigenvalue weighted by Crippen LogP contribution is -2.42. The van der Waals surface area contributed by atoms with Gasteiger partial charge in [-0.05, 0) is 38.0 Å². The van der Waals surface area contributed by atoms with E-state index in [4.69, 9.17) is 5.73 Å². The van der Waals surface area contributed by atoms with Crippen LogP contribution in [0.5, 0.6) is 0 Å². The van der Waals surface area contributed by atoms with Crippen molar-refractivity contribution in [3.05, 3.63) is 23.9 Å². The molecule has 1 unspecified atom stereocenters. The predicted octanol–water partition coefficient (Wildman–Crippen LogP) is 1.93. The van der Waals surface area contributed by atoms with Gasteiger partial charge in [-0.3, -0.25) is 0 Å². The quantitative estimate of drug-likeness (QED) is 0.768. The van der Waals surface area contributed by atoms with Crippen LogP contribution in [0.2, 0.25) is 0 Å². The maximum absolute atomic E-state index is 5.71. The topological polar surface area (TPSA) is 50.9 Å². The van der Waals surface area contributed by atoms with Gasteiger partial charge in [0.2, 0.25) is 0 Å². The van der Waals surface area contributed by atoms with Crippen LogP contribution in [0.15, 0.2) is 18.3 Å². The summed E-state index contributed by atoms with van der Waals surface area (Å²) < 4.78 is 0. The predicted molar refractivity (Wildman–Crippen MR) is 60.3 cm³/mol. The third kappa shape index (κ3) is 2.70. The zero-order valence-corrected chi connectivity index (χ0v) is 9.17. The van der Waals surface area contributed by atoms with Crippen molar-refractivity contribution in [1.29, 1.82) is 0 Å². The van der Waals surface area contributed by atoms with Crippen LogP contribution in [0.3, 0.4) is 0 Å². The summed E-state index contributed by atoms with van der Waals surface area (Å²) >= 11 is 0. The summed E-state index contributed by atoms with van der Waals surface area (Å²) in [4.78, 5) is 4.25. The van der Waals surface area contributed by atoms with Crippen LogP contribution >= 0.6 is 0 Å². The number of nitrogens with one attached hydrogen (secondary N) is 1. The lowest BCUT2D eigenvalue weighted by Gasteiger charge is -2.28. The van der Waals surface area contributed by atoms with Gasteiger partial charge >= 0.3 is 0 Å². The van der Waals surface area contributed by atoms with Gasteiger partial charge in [0, 0.05) is 18.3 Å². The van der Waals surface area contributed by atoms with E-state index in [-0.39, 0.29) is 5.54 Å². The highest BCUT2D eigenvalue weighted by Crippen LogP contribution is 2.15. The highest BCUT2D eigenvalue weighted by molar-refractivity contribution is 5.39. The number of nitrogens with zero attached hydrogens (tertiary/aromatic N) is 1. The molecule has 0 saturated heterocycles. The molecule has 0 spiro atoms. The van der Waals surface area contributed by atoms with Crippen LogP contribution in [0.4, 0.5) is 5.82 Å². The Kier molecular flexibility index (Phi) is 3.47. The van der Waals surface area contributed by atoms with E-state index in [0.717, 1.165) is 12.2 Å².